The Labute approximate surface area is 94.6 Å². The first kappa shape index (κ1) is 11.5. The molecule has 0 unspecified atom stereocenters. The lowest BCUT2D eigenvalue weighted by atomic mass is 10.2. The molecule has 1 N–H and O–H groups in total. The van der Waals surface area contributed by atoms with Gasteiger partial charge in [-0.1, -0.05) is 0 Å². The Balaban J connectivity index is 2.98. The summed E-state index contributed by atoms with van der Waals surface area (Å²) in [6.45, 7) is 1.71. The molecule has 0 bridgehead atoms. The SMILES string of the molecule is Cc1cc(F)c(Br)cc1NC(=O)CCl. The molecule has 5 heteroatoms. The summed E-state index contributed by atoms with van der Waals surface area (Å²) in [6.07, 6.45) is 0. The predicted octanol–water partition coefficient (Wildman–Crippen LogP) is 3.07. The van der Waals surface area contributed by atoms with Gasteiger partial charge in [-0.15, -0.1) is 11.6 Å². The monoisotopic (exact) mass is 279 g/mol. The zero-order valence-corrected chi connectivity index (χ0v) is 9.75. The number of hydrogen-bond donors (Lipinski definition) is 1. The Morgan fingerprint density at radius 2 is 2.29 bits per heavy atom. The van der Waals surface area contributed by atoms with Crippen LogP contribution in [-0.4, -0.2) is 11.8 Å². The Morgan fingerprint density at radius 3 is 2.86 bits per heavy atom. The number of halogens is 3. The number of hydrogen-bond acceptors (Lipinski definition) is 1. The zero-order valence-electron chi connectivity index (χ0n) is 7.40. The number of rotatable bonds is 2. The quantitative estimate of drug-likeness (QED) is 0.829. The number of alkyl halides is 1. The molecular weight excluding hydrogens is 272 g/mol. The maximum atomic E-state index is 13.0. The van der Waals surface area contributed by atoms with E-state index in [0.717, 1.165) is 0 Å². The van der Waals surface area contributed by atoms with Crippen LogP contribution in [0.3, 0.4) is 0 Å². The molecule has 0 fully saturated rings. The first-order chi connectivity index (χ1) is 6.54. The fraction of sp³-hybridized carbons (Fsp3) is 0.222. The molecule has 0 heterocycles. The molecule has 0 radical (unpaired) electrons. The molecule has 76 valence electrons. The number of aryl methyl sites for hydroxylation is 1. The Kier molecular flexibility index (Phi) is 3.89. The van der Waals surface area contributed by atoms with E-state index < -0.39 is 0 Å². The molecule has 0 saturated heterocycles. The van der Waals surface area contributed by atoms with E-state index in [9.17, 15) is 9.18 Å². The second-order valence-corrected chi connectivity index (χ2v) is 3.88. The van der Waals surface area contributed by atoms with Crippen LogP contribution in [-0.2, 0) is 4.79 Å². The fourth-order valence-corrected chi connectivity index (χ4v) is 1.37. The molecule has 0 aromatic heterocycles. The van der Waals surface area contributed by atoms with Gasteiger partial charge in [-0.25, -0.2) is 4.39 Å². The smallest absolute Gasteiger partial charge is 0.239 e. The van der Waals surface area contributed by atoms with Gasteiger partial charge in [-0.3, -0.25) is 4.79 Å². The minimum Gasteiger partial charge on any atom is -0.325 e. The van der Waals surface area contributed by atoms with Crippen LogP contribution in [0.4, 0.5) is 10.1 Å². The first-order valence-electron chi connectivity index (χ1n) is 3.86. The first-order valence-corrected chi connectivity index (χ1v) is 5.19. The number of nitrogens with one attached hydrogen (secondary N) is 1. The fourth-order valence-electron chi connectivity index (χ4n) is 0.965. The van der Waals surface area contributed by atoms with Gasteiger partial charge >= 0.3 is 0 Å². The van der Waals surface area contributed by atoms with Gasteiger partial charge < -0.3 is 5.32 Å². The van der Waals surface area contributed by atoms with Crippen molar-refractivity contribution >= 4 is 39.1 Å². The average molecular weight is 281 g/mol. The molecule has 0 atom stereocenters. The molecule has 1 rings (SSSR count). The third-order valence-corrected chi connectivity index (χ3v) is 2.51. The maximum absolute atomic E-state index is 13.0. The molecule has 0 aliphatic heterocycles. The Bertz CT molecular complexity index is 370. The molecule has 0 aliphatic carbocycles. The van der Waals surface area contributed by atoms with Crippen molar-refractivity contribution < 1.29 is 9.18 Å². The van der Waals surface area contributed by atoms with Crippen molar-refractivity contribution in [1.82, 2.24) is 0 Å². The van der Waals surface area contributed by atoms with Gasteiger partial charge in [0.1, 0.15) is 11.7 Å². The summed E-state index contributed by atoms with van der Waals surface area (Å²) in [4.78, 5) is 11.0. The lowest BCUT2D eigenvalue weighted by Crippen LogP contribution is -2.13. The molecule has 1 aromatic carbocycles. The van der Waals surface area contributed by atoms with Gasteiger partial charge in [-0.05, 0) is 40.5 Å². The van der Waals surface area contributed by atoms with Crippen LogP contribution in [0.2, 0.25) is 0 Å². The summed E-state index contributed by atoms with van der Waals surface area (Å²) in [5.41, 5.74) is 1.22. The van der Waals surface area contributed by atoms with Crippen LogP contribution >= 0.6 is 27.5 Å². The van der Waals surface area contributed by atoms with E-state index in [0.29, 0.717) is 15.7 Å². The molecule has 0 aliphatic rings. The highest BCUT2D eigenvalue weighted by Gasteiger charge is 2.07. The predicted molar refractivity (Wildman–Crippen MR) is 58.2 cm³/mol. The Hall–Kier alpha value is -0.610. The second-order valence-electron chi connectivity index (χ2n) is 2.76. The van der Waals surface area contributed by atoms with E-state index in [1.54, 1.807) is 6.92 Å². The molecular formula is C9H8BrClFNO. The van der Waals surface area contributed by atoms with Gasteiger partial charge in [0, 0.05) is 5.69 Å². The van der Waals surface area contributed by atoms with Crippen molar-refractivity contribution in [3.8, 4) is 0 Å². The van der Waals surface area contributed by atoms with E-state index >= 15 is 0 Å². The average Bonchev–Trinajstić information content (AvgIpc) is 2.14. The minimum absolute atomic E-state index is 0.117. The van der Waals surface area contributed by atoms with Crippen LogP contribution in [0, 0.1) is 12.7 Å². The van der Waals surface area contributed by atoms with Gasteiger partial charge in [0.25, 0.3) is 0 Å². The maximum Gasteiger partial charge on any atom is 0.239 e. The van der Waals surface area contributed by atoms with E-state index in [1.165, 1.54) is 12.1 Å². The normalized spacial score (nSPS) is 10.0. The van der Waals surface area contributed by atoms with Crippen molar-refractivity contribution in [3.63, 3.8) is 0 Å². The lowest BCUT2D eigenvalue weighted by molar-refractivity contribution is -0.113. The minimum atomic E-state index is -0.355. The molecule has 0 saturated carbocycles. The second kappa shape index (κ2) is 4.75. The number of anilines is 1. The van der Waals surface area contributed by atoms with E-state index in [-0.39, 0.29) is 17.6 Å². The summed E-state index contributed by atoms with van der Waals surface area (Å²) in [7, 11) is 0. The number of carbonyl (C=O) groups is 1. The molecule has 2 nitrogen and oxygen atoms in total. The summed E-state index contributed by atoms with van der Waals surface area (Å²) >= 11 is 8.36. The van der Waals surface area contributed by atoms with Gasteiger partial charge in [0.2, 0.25) is 5.91 Å². The zero-order chi connectivity index (χ0) is 10.7. The highest BCUT2D eigenvalue weighted by atomic mass is 79.9. The third-order valence-electron chi connectivity index (χ3n) is 1.66. The van der Waals surface area contributed by atoms with Crippen molar-refractivity contribution in [2.45, 2.75) is 6.92 Å². The lowest BCUT2D eigenvalue weighted by Gasteiger charge is -2.07. The number of amides is 1. The largest absolute Gasteiger partial charge is 0.325 e. The molecule has 1 aromatic rings. The van der Waals surface area contributed by atoms with Crippen LogP contribution in [0.1, 0.15) is 5.56 Å². The van der Waals surface area contributed by atoms with Crippen LogP contribution < -0.4 is 5.32 Å². The summed E-state index contributed by atoms with van der Waals surface area (Å²) < 4.78 is 13.3. The van der Waals surface area contributed by atoms with Gasteiger partial charge in [0.05, 0.1) is 4.47 Å². The standard InChI is InChI=1S/C9H8BrClFNO/c1-5-2-7(12)6(10)3-8(5)13-9(14)4-11/h2-3H,4H2,1H3,(H,13,14). The van der Waals surface area contributed by atoms with Gasteiger partial charge in [0.15, 0.2) is 0 Å². The van der Waals surface area contributed by atoms with Crippen molar-refractivity contribution in [2.75, 3.05) is 11.2 Å². The third kappa shape index (κ3) is 2.69. The van der Waals surface area contributed by atoms with Crippen LogP contribution in [0.25, 0.3) is 0 Å². The topological polar surface area (TPSA) is 29.1 Å². The Morgan fingerprint density at radius 1 is 1.64 bits per heavy atom. The van der Waals surface area contributed by atoms with E-state index in [2.05, 4.69) is 21.2 Å². The van der Waals surface area contributed by atoms with E-state index in [1.807, 2.05) is 0 Å². The highest BCUT2D eigenvalue weighted by molar-refractivity contribution is 9.10. The van der Waals surface area contributed by atoms with Crippen LogP contribution in [0.5, 0.6) is 0 Å². The molecule has 0 spiro atoms. The van der Waals surface area contributed by atoms with Gasteiger partial charge in [-0.2, -0.15) is 0 Å². The highest BCUT2D eigenvalue weighted by Crippen LogP contribution is 2.24. The van der Waals surface area contributed by atoms with Crippen LogP contribution in [0.15, 0.2) is 16.6 Å². The summed E-state index contributed by atoms with van der Waals surface area (Å²) in [5, 5.41) is 2.56. The number of carbonyl (C=O) groups excluding carboxylic acids is 1. The van der Waals surface area contributed by atoms with Crippen molar-refractivity contribution in [3.05, 3.63) is 28.0 Å². The van der Waals surface area contributed by atoms with Crippen molar-refractivity contribution in [2.24, 2.45) is 0 Å². The van der Waals surface area contributed by atoms with Crippen molar-refractivity contribution in [1.29, 1.82) is 0 Å². The summed E-state index contributed by atoms with van der Waals surface area (Å²) in [5.74, 6) is -0.784. The number of benzene rings is 1. The molecule has 14 heavy (non-hydrogen) atoms. The summed E-state index contributed by atoms with van der Waals surface area (Å²) in [6, 6.07) is 2.85. The van der Waals surface area contributed by atoms with E-state index in [4.69, 9.17) is 11.6 Å². The molecule has 1 amide bonds.